The third-order valence-corrected chi connectivity index (χ3v) is 6.75. The summed E-state index contributed by atoms with van der Waals surface area (Å²) in [5, 5.41) is 0.422. The SMILES string of the molecule is Cn1cnc2c(-c3cc4c5c(ncnc5c3F)N3CCN(C(=O)OC(C)(C)C)C[C@H]3CO4)c(F)ccc21. The summed E-state index contributed by atoms with van der Waals surface area (Å²) in [6.07, 6.45) is 2.47. The third kappa shape index (κ3) is 3.80. The highest BCUT2D eigenvalue weighted by Crippen LogP contribution is 2.43. The summed E-state index contributed by atoms with van der Waals surface area (Å²) in [6.45, 7) is 6.92. The summed E-state index contributed by atoms with van der Waals surface area (Å²) in [5.74, 6) is -0.389. The molecule has 0 aliphatic carbocycles. The molecule has 4 heterocycles. The van der Waals surface area contributed by atoms with Gasteiger partial charge in [-0.1, -0.05) is 0 Å². The van der Waals surface area contributed by atoms with Gasteiger partial charge in [-0.2, -0.15) is 0 Å². The van der Waals surface area contributed by atoms with E-state index < -0.39 is 23.3 Å². The number of hydrogen-bond donors (Lipinski definition) is 0. The van der Waals surface area contributed by atoms with Crippen LogP contribution in [0.15, 0.2) is 30.9 Å². The average Bonchev–Trinajstić information content (AvgIpc) is 3.14. The molecule has 0 radical (unpaired) electrons. The number of hydrogen-bond acceptors (Lipinski definition) is 7. The number of piperazine rings is 1. The lowest BCUT2D eigenvalue weighted by atomic mass is 9.99. The maximum atomic E-state index is 16.0. The molecule has 1 saturated heterocycles. The summed E-state index contributed by atoms with van der Waals surface area (Å²) in [6, 6.07) is 4.18. The molecule has 2 aliphatic rings. The van der Waals surface area contributed by atoms with Crippen molar-refractivity contribution in [2.45, 2.75) is 32.4 Å². The van der Waals surface area contributed by atoms with Crippen molar-refractivity contribution in [3.05, 3.63) is 42.5 Å². The highest BCUT2D eigenvalue weighted by atomic mass is 19.1. The fourth-order valence-electron chi connectivity index (χ4n) is 5.07. The van der Waals surface area contributed by atoms with Crippen LogP contribution in [0.5, 0.6) is 5.75 Å². The summed E-state index contributed by atoms with van der Waals surface area (Å²) >= 11 is 0. The molecule has 0 spiro atoms. The monoisotopic (exact) mass is 508 g/mol. The Balaban J connectivity index is 1.44. The van der Waals surface area contributed by atoms with Crippen LogP contribution in [0.3, 0.4) is 0 Å². The van der Waals surface area contributed by atoms with E-state index in [4.69, 9.17) is 9.47 Å². The van der Waals surface area contributed by atoms with Crippen molar-refractivity contribution >= 4 is 33.8 Å². The topological polar surface area (TPSA) is 85.6 Å². The number of fused-ring (bicyclic) bond motifs is 3. The highest BCUT2D eigenvalue weighted by Gasteiger charge is 2.37. The van der Waals surface area contributed by atoms with Gasteiger partial charge in [0.1, 0.15) is 41.4 Å². The first kappa shape index (κ1) is 23.4. The van der Waals surface area contributed by atoms with E-state index in [-0.39, 0.29) is 29.3 Å². The molecule has 0 N–H and O–H groups in total. The molecule has 37 heavy (non-hydrogen) atoms. The van der Waals surface area contributed by atoms with Crippen LogP contribution in [0.4, 0.5) is 19.4 Å². The number of ether oxygens (including phenoxy) is 2. The standard InChI is InChI=1S/C26H26F2N6O3/c1-26(2,3)37-25(35)33-7-8-34-14(10-33)11-36-18-9-15(21(28)23-20(18)24(34)30-12-29-23)19-16(27)5-6-17-22(19)31-13-32(17)4/h5-6,9,12-14H,7-8,10-11H2,1-4H3/t14-/m0/s1. The average molecular weight is 509 g/mol. The van der Waals surface area contributed by atoms with Crippen LogP contribution in [-0.4, -0.2) is 68.4 Å². The van der Waals surface area contributed by atoms with Crippen LogP contribution < -0.4 is 9.64 Å². The second-order valence-corrected chi connectivity index (χ2v) is 10.4. The van der Waals surface area contributed by atoms with Gasteiger partial charge in [0.25, 0.3) is 0 Å². The number of aryl methyl sites for hydroxylation is 1. The lowest BCUT2D eigenvalue weighted by Crippen LogP contribution is -2.57. The minimum absolute atomic E-state index is 0.0178. The van der Waals surface area contributed by atoms with E-state index in [9.17, 15) is 4.79 Å². The molecule has 6 rings (SSSR count). The van der Waals surface area contributed by atoms with Gasteiger partial charge in [-0.05, 0) is 39.0 Å². The van der Waals surface area contributed by atoms with Crippen molar-refractivity contribution in [1.29, 1.82) is 0 Å². The minimum Gasteiger partial charge on any atom is -0.490 e. The lowest BCUT2D eigenvalue weighted by Gasteiger charge is -2.41. The van der Waals surface area contributed by atoms with E-state index in [1.165, 1.54) is 18.5 Å². The van der Waals surface area contributed by atoms with Gasteiger partial charge in [-0.15, -0.1) is 0 Å². The molecular weight excluding hydrogens is 482 g/mol. The lowest BCUT2D eigenvalue weighted by molar-refractivity contribution is 0.0202. The zero-order valence-corrected chi connectivity index (χ0v) is 21.0. The minimum atomic E-state index is -0.672. The summed E-state index contributed by atoms with van der Waals surface area (Å²) < 4.78 is 44.6. The van der Waals surface area contributed by atoms with Gasteiger partial charge in [0.2, 0.25) is 0 Å². The van der Waals surface area contributed by atoms with Crippen molar-refractivity contribution in [2.24, 2.45) is 7.05 Å². The number of benzene rings is 2. The van der Waals surface area contributed by atoms with Crippen LogP contribution in [0.1, 0.15) is 20.8 Å². The third-order valence-electron chi connectivity index (χ3n) is 6.75. The van der Waals surface area contributed by atoms with Gasteiger partial charge < -0.3 is 23.8 Å². The first-order valence-electron chi connectivity index (χ1n) is 12.1. The Hall–Kier alpha value is -4.02. The molecule has 1 atom stereocenters. The number of amides is 1. The number of anilines is 1. The molecule has 0 unspecified atom stereocenters. The molecule has 1 amide bonds. The van der Waals surface area contributed by atoms with E-state index in [1.807, 2.05) is 25.7 Å². The number of rotatable bonds is 1. The Morgan fingerprint density at radius 2 is 1.95 bits per heavy atom. The Bertz CT molecular complexity index is 1560. The van der Waals surface area contributed by atoms with Crippen molar-refractivity contribution in [3.8, 4) is 16.9 Å². The molecule has 2 aromatic carbocycles. The van der Waals surface area contributed by atoms with Gasteiger partial charge >= 0.3 is 6.09 Å². The fraction of sp³-hybridized carbons (Fsp3) is 0.385. The van der Waals surface area contributed by atoms with Crippen molar-refractivity contribution in [3.63, 3.8) is 0 Å². The van der Waals surface area contributed by atoms with Crippen molar-refractivity contribution in [1.82, 2.24) is 24.4 Å². The van der Waals surface area contributed by atoms with E-state index in [2.05, 4.69) is 15.0 Å². The summed E-state index contributed by atoms with van der Waals surface area (Å²) in [7, 11) is 1.79. The first-order valence-corrected chi connectivity index (χ1v) is 12.1. The van der Waals surface area contributed by atoms with Crippen molar-refractivity contribution in [2.75, 3.05) is 31.1 Å². The fourth-order valence-corrected chi connectivity index (χ4v) is 5.07. The Kier molecular flexibility index (Phi) is 5.22. The molecule has 9 nitrogen and oxygen atoms in total. The zero-order chi connectivity index (χ0) is 26.1. The van der Waals surface area contributed by atoms with E-state index in [1.54, 1.807) is 28.9 Å². The Morgan fingerprint density at radius 1 is 1.14 bits per heavy atom. The molecule has 2 aromatic heterocycles. The number of nitrogens with zero attached hydrogens (tertiary/aromatic N) is 6. The molecule has 192 valence electrons. The summed E-state index contributed by atoms with van der Waals surface area (Å²) in [5.41, 5.74) is 0.523. The van der Waals surface area contributed by atoms with Gasteiger partial charge in [0, 0.05) is 37.8 Å². The number of carbonyl (C=O) groups is 1. The Morgan fingerprint density at radius 3 is 2.73 bits per heavy atom. The smallest absolute Gasteiger partial charge is 0.410 e. The van der Waals surface area contributed by atoms with Gasteiger partial charge in [-0.25, -0.2) is 28.5 Å². The van der Waals surface area contributed by atoms with E-state index >= 15 is 8.78 Å². The number of imidazole rings is 1. The summed E-state index contributed by atoms with van der Waals surface area (Å²) in [4.78, 5) is 29.4. The zero-order valence-electron chi connectivity index (χ0n) is 21.0. The number of halogens is 2. The predicted molar refractivity (Wildman–Crippen MR) is 134 cm³/mol. The second-order valence-electron chi connectivity index (χ2n) is 10.4. The van der Waals surface area contributed by atoms with Crippen LogP contribution in [0.2, 0.25) is 0 Å². The molecule has 2 aliphatic heterocycles. The van der Waals surface area contributed by atoms with Crippen LogP contribution in [0.25, 0.3) is 33.1 Å². The molecule has 1 fully saturated rings. The normalized spacial score (nSPS) is 17.5. The van der Waals surface area contributed by atoms with E-state index in [0.717, 1.165) is 0 Å². The second kappa shape index (κ2) is 8.25. The van der Waals surface area contributed by atoms with Gasteiger partial charge in [-0.3, -0.25) is 0 Å². The first-order chi connectivity index (χ1) is 17.6. The highest BCUT2D eigenvalue weighted by molar-refractivity contribution is 6.02. The van der Waals surface area contributed by atoms with Gasteiger partial charge in [0.15, 0.2) is 5.82 Å². The predicted octanol–water partition coefficient (Wildman–Crippen LogP) is 4.28. The quantitative estimate of drug-likeness (QED) is 0.379. The molecule has 4 aromatic rings. The molecule has 0 bridgehead atoms. The number of carbonyl (C=O) groups excluding carboxylic acids is 1. The van der Waals surface area contributed by atoms with Gasteiger partial charge in [0.05, 0.1) is 28.8 Å². The maximum Gasteiger partial charge on any atom is 0.410 e. The largest absolute Gasteiger partial charge is 0.490 e. The molecule has 11 heteroatoms. The number of aromatic nitrogens is 4. The molecule has 0 saturated carbocycles. The Labute approximate surface area is 211 Å². The molecular formula is C26H26F2N6O3. The van der Waals surface area contributed by atoms with E-state index in [0.29, 0.717) is 47.6 Å². The van der Waals surface area contributed by atoms with Crippen LogP contribution in [0, 0.1) is 11.6 Å². The van der Waals surface area contributed by atoms with Crippen molar-refractivity contribution < 1.29 is 23.0 Å². The maximum absolute atomic E-state index is 16.0. The van der Waals surface area contributed by atoms with Crippen LogP contribution in [-0.2, 0) is 11.8 Å². The van der Waals surface area contributed by atoms with Crippen LogP contribution >= 0.6 is 0 Å².